The number of morpholine rings is 2. The zero-order chi connectivity index (χ0) is 17.6. The van der Waals surface area contributed by atoms with Crippen LogP contribution in [0.2, 0.25) is 0 Å². The van der Waals surface area contributed by atoms with Crippen LogP contribution in [0, 0.1) is 0 Å². The minimum absolute atomic E-state index is 0.0457. The molecule has 0 bridgehead atoms. The van der Waals surface area contributed by atoms with Crippen molar-refractivity contribution < 1.29 is 14.3 Å². The first kappa shape index (κ1) is 18.3. The Morgan fingerprint density at radius 2 is 1.96 bits per heavy atom. The molecule has 138 valence electrons. The van der Waals surface area contributed by atoms with Crippen molar-refractivity contribution in [2.45, 2.75) is 45.2 Å². The Morgan fingerprint density at radius 1 is 1.24 bits per heavy atom. The quantitative estimate of drug-likeness (QED) is 0.829. The number of hydrogen-bond acceptors (Lipinski definition) is 5. The standard InChI is InChI=1S/C19H29N3O3/c1-14-11-22(12-15(2)25-14)13-17-6-4-3-5-16(17)9-21-19(23)18-10-20-7-8-24-18/h3-6,14-15,18,20H,7-13H2,1-2H3,(H,21,23)/t14-,15+,18-/m0/s1. The summed E-state index contributed by atoms with van der Waals surface area (Å²) < 4.78 is 11.3. The van der Waals surface area contributed by atoms with Gasteiger partial charge < -0.3 is 20.1 Å². The van der Waals surface area contributed by atoms with Crippen LogP contribution in [0.15, 0.2) is 24.3 Å². The number of carbonyl (C=O) groups is 1. The van der Waals surface area contributed by atoms with Crippen LogP contribution in [0.5, 0.6) is 0 Å². The van der Waals surface area contributed by atoms with Gasteiger partial charge in [0.05, 0.1) is 18.8 Å². The fraction of sp³-hybridized carbons (Fsp3) is 0.632. The lowest BCUT2D eigenvalue weighted by Crippen LogP contribution is -2.47. The van der Waals surface area contributed by atoms with E-state index in [0.717, 1.165) is 31.7 Å². The van der Waals surface area contributed by atoms with Gasteiger partial charge in [0.1, 0.15) is 6.10 Å². The number of carbonyl (C=O) groups excluding carboxylic acids is 1. The molecule has 0 spiro atoms. The fourth-order valence-electron chi connectivity index (χ4n) is 3.57. The fourth-order valence-corrected chi connectivity index (χ4v) is 3.57. The summed E-state index contributed by atoms with van der Waals surface area (Å²) in [6.45, 7) is 9.50. The van der Waals surface area contributed by atoms with Crippen LogP contribution in [0.4, 0.5) is 0 Å². The van der Waals surface area contributed by atoms with Crippen molar-refractivity contribution in [2.75, 3.05) is 32.8 Å². The maximum absolute atomic E-state index is 12.3. The minimum Gasteiger partial charge on any atom is -0.373 e. The first-order valence-electron chi connectivity index (χ1n) is 9.16. The first-order chi connectivity index (χ1) is 12.1. The zero-order valence-electron chi connectivity index (χ0n) is 15.2. The van der Waals surface area contributed by atoms with Gasteiger partial charge in [-0.05, 0) is 25.0 Å². The second-order valence-corrected chi connectivity index (χ2v) is 7.00. The first-order valence-corrected chi connectivity index (χ1v) is 9.16. The number of rotatable bonds is 5. The molecule has 2 aliphatic rings. The van der Waals surface area contributed by atoms with Crippen LogP contribution in [0.3, 0.4) is 0 Å². The molecule has 2 aliphatic heterocycles. The van der Waals surface area contributed by atoms with Crippen LogP contribution >= 0.6 is 0 Å². The molecule has 1 amide bonds. The molecule has 3 rings (SSSR count). The van der Waals surface area contributed by atoms with E-state index in [1.165, 1.54) is 5.56 Å². The second kappa shape index (κ2) is 8.76. The number of hydrogen-bond donors (Lipinski definition) is 2. The molecular weight excluding hydrogens is 318 g/mol. The lowest BCUT2D eigenvalue weighted by molar-refractivity contribution is -0.134. The molecule has 0 unspecified atom stereocenters. The van der Waals surface area contributed by atoms with Crippen molar-refractivity contribution in [3.05, 3.63) is 35.4 Å². The highest BCUT2D eigenvalue weighted by atomic mass is 16.5. The topological polar surface area (TPSA) is 62.8 Å². The molecule has 2 heterocycles. The van der Waals surface area contributed by atoms with Crippen LogP contribution < -0.4 is 10.6 Å². The minimum atomic E-state index is -0.387. The van der Waals surface area contributed by atoms with Gasteiger partial charge >= 0.3 is 0 Å². The zero-order valence-corrected chi connectivity index (χ0v) is 15.2. The highest BCUT2D eigenvalue weighted by molar-refractivity contribution is 5.81. The van der Waals surface area contributed by atoms with E-state index in [1.54, 1.807) is 0 Å². The summed E-state index contributed by atoms with van der Waals surface area (Å²) in [5, 5.41) is 6.20. The van der Waals surface area contributed by atoms with Gasteiger partial charge in [-0.3, -0.25) is 9.69 Å². The molecule has 6 heteroatoms. The molecule has 0 radical (unpaired) electrons. The summed E-state index contributed by atoms with van der Waals surface area (Å²) in [5.74, 6) is -0.0457. The smallest absolute Gasteiger partial charge is 0.250 e. The van der Waals surface area contributed by atoms with Crippen LogP contribution in [-0.2, 0) is 27.4 Å². The van der Waals surface area contributed by atoms with Crippen LogP contribution in [-0.4, -0.2) is 61.9 Å². The second-order valence-electron chi connectivity index (χ2n) is 7.00. The van der Waals surface area contributed by atoms with Crippen LogP contribution in [0.1, 0.15) is 25.0 Å². The SMILES string of the molecule is C[C@@H]1CN(Cc2ccccc2CNC(=O)[C@@H]2CNCCO2)C[C@H](C)O1. The Hall–Kier alpha value is -1.47. The van der Waals surface area contributed by atoms with E-state index in [-0.39, 0.29) is 24.2 Å². The van der Waals surface area contributed by atoms with Gasteiger partial charge in [0.25, 0.3) is 5.91 Å². The Bertz CT molecular complexity index is 565. The maximum atomic E-state index is 12.3. The van der Waals surface area contributed by atoms with Gasteiger partial charge in [0.15, 0.2) is 0 Å². The molecule has 2 N–H and O–H groups in total. The Balaban J connectivity index is 1.57. The predicted molar refractivity (Wildman–Crippen MR) is 96.2 cm³/mol. The lowest BCUT2D eigenvalue weighted by Gasteiger charge is -2.35. The molecule has 2 saturated heterocycles. The summed E-state index contributed by atoms with van der Waals surface area (Å²) in [6, 6.07) is 8.31. The number of amides is 1. The van der Waals surface area contributed by atoms with E-state index in [4.69, 9.17) is 9.47 Å². The third-order valence-electron chi connectivity index (χ3n) is 4.68. The van der Waals surface area contributed by atoms with E-state index < -0.39 is 0 Å². The van der Waals surface area contributed by atoms with Gasteiger partial charge in [-0.1, -0.05) is 24.3 Å². The van der Waals surface area contributed by atoms with E-state index in [1.807, 2.05) is 6.07 Å². The summed E-state index contributed by atoms with van der Waals surface area (Å²) in [7, 11) is 0. The van der Waals surface area contributed by atoms with E-state index in [0.29, 0.717) is 19.7 Å². The molecule has 3 atom stereocenters. The van der Waals surface area contributed by atoms with Gasteiger partial charge in [-0.2, -0.15) is 0 Å². The van der Waals surface area contributed by atoms with Crippen molar-refractivity contribution >= 4 is 5.91 Å². The number of benzene rings is 1. The third kappa shape index (κ3) is 5.25. The molecule has 6 nitrogen and oxygen atoms in total. The van der Waals surface area contributed by atoms with Crippen molar-refractivity contribution in [3.63, 3.8) is 0 Å². The van der Waals surface area contributed by atoms with Crippen molar-refractivity contribution in [1.29, 1.82) is 0 Å². The molecule has 0 saturated carbocycles. The van der Waals surface area contributed by atoms with Crippen LogP contribution in [0.25, 0.3) is 0 Å². The van der Waals surface area contributed by atoms with Crippen molar-refractivity contribution in [3.8, 4) is 0 Å². The summed E-state index contributed by atoms with van der Waals surface area (Å²) in [4.78, 5) is 14.7. The normalized spacial score (nSPS) is 27.8. The molecule has 1 aromatic rings. The van der Waals surface area contributed by atoms with E-state index in [2.05, 4.69) is 47.6 Å². The molecule has 25 heavy (non-hydrogen) atoms. The summed E-state index contributed by atoms with van der Waals surface area (Å²) >= 11 is 0. The predicted octanol–water partition coefficient (Wildman–Crippen LogP) is 0.900. The number of ether oxygens (including phenoxy) is 2. The highest BCUT2D eigenvalue weighted by Gasteiger charge is 2.24. The van der Waals surface area contributed by atoms with Gasteiger partial charge in [0.2, 0.25) is 0 Å². The maximum Gasteiger partial charge on any atom is 0.250 e. The van der Waals surface area contributed by atoms with Gasteiger partial charge in [0, 0.05) is 39.3 Å². The average molecular weight is 347 g/mol. The number of nitrogens with zero attached hydrogens (tertiary/aromatic N) is 1. The lowest BCUT2D eigenvalue weighted by atomic mass is 10.1. The van der Waals surface area contributed by atoms with Gasteiger partial charge in [-0.25, -0.2) is 0 Å². The molecule has 2 fully saturated rings. The monoisotopic (exact) mass is 347 g/mol. The number of nitrogens with one attached hydrogen (secondary N) is 2. The van der Waals surface area contributed by atoms with Crippen molar-refractivity contribution in [1.82, 2.24) is 15.5 Å². The van der Waals surface area contributed by atoms with Crippen molar-refractivity contribution in [2.24, 2.45) is 0 Å². The molecule has 0 aromatic heterocycles. The summed E-state index contributed by atoms with van der Waals surface area (Å²) in [6.07, 6.45) is 0.125. The molecule has 1 aromatic carbocycles. The average Bonchev–Trinajstić information content (AvgIpc) is 2.60. The van der Waals surface area contributed by atoms with Gasteiger partial charge in [-0.15, -0.1) is 0 Å². The Morgan fingerprint density at radius 3 is 2.64 bits per heavy atom. The van der Waals surface area contributed by atoms with E-state index >= 15 is 0 Å². The third-order valence-corrected chi connectivity index (χ3v) is 4.68. The Kier molecular flexibility index (Phi) is 6.42. The highest BCUT2D eigenvalue weighted by Crippen LogP contribution is 2.17. The largest absolute Gasteiger partial charge is 0.373 e. The Labute approximate surface area is 149 Å². The van der Waals surface area contributed by atoms with E-state index in [9.17, 15) is 4.79 Å². The molecular formula is C19H29N3O3. The summed E-state index contributed by atoms with van der Waals surface area (Å²) in [5.41, 5.74) is 2.42. The molecule has 0 aliphatic carbocycles.